The highest BCUT2D eigenvalue weighted by molar-refractivity contribution is 5.83. The van der Waals surface area contributed by atoms with E-state index in [0.29, 0.717) is 5.92 Å². The van der Waals surface area contributed by atoms with E-state index in [1.807, 2.05) is 0 Å². The van der Waals surface area contributed by atoms with Crippen LogP contribution < -0.4 is 5.32 Å². The first-order valence-corrected chi connectivity index (χ1v) is 7.94. The van der Waals surface area contributed by atoms with Crippen LogP contribution in [0.2, 0.25) is 0 Å². The molecule has 3 rings (SSSR count). The maximum absolute atomic E-state index is 6.12. The van der Waals surface area contributed by atoms with Crippen LogP contribution in [0.15, 0.2) is 22.6 Å². The summed E-state index contributed by atoms with van der Waals surface area (Å²) in [6.07, 6.45) is 4.82. The molecule has 108 valence electrons. The molecule has 20 heavy (non-hydrogen) atoms. The van der Waals surface area contributed by atoms with Crippen LogP contribution in [0.3, 0.4) is 0 Å². The molecule has 1 aromatic carbocycles. The summed E-state index contributed by atoms with van der Waals surface area (Å²) >= 11 is 0. The summed E-state index contributed by atoms with van der Waals surface area (Å²) in [5.74, 6) is 1.80. The Morgan fingerprint density at radius 2 is 2.10 bits per heavy atom. The van der Waals surface area contributed by atoms with E-state index in [1.165, 1.54) is 29.4 Å². The highest BCUT2D eigenvalue weighted by Gasteiger charge is 2.22. The molecule has 1 saturated carbocycles. The number of fused-ring (bicyclic) bond motifs is 1. The van der Waals surface area contributed by atoms with Gasteiger partial charge in [-0.15, -0.1) is 0 Å². The van der Waals surface area contributed by atoms with Crippen LogP contribution >= 0.6 is 0 Å². The van der Waals surface area contributed by atoms with Crippen molar-refractivity contribution in [1.29, 1.82) is 0 Å². The van der Waals surface area contributed by atoms with E-state index >= 15 is 0 Å². The average Bonchev–Trinajstić information content (AvgIpc) is 3.20. The predicted octanol–water partition coefficient (Wildman–Crippen LogP) is 4.45. The molecule has 2 aromatic rings. The maximum atomic E-state index is 6.12. The van der Waals surface area contributed by atoms with E-state index in [9.17, 15) is 0 Å². The highest BCUT2D eigenvalue weighted by atomic mass is 16.3. The Labute approximate surface area is 121 Å². The topological polar surface area (TPSA) is 25.2 Å². The Morgan fingerprint density at radius 3 is 2.75 bits per heavy atom. The molecule has 0 unspecified atom stereocenters. The summed E-state index contributed by atoms with van der Waals surface area (Å²) < 4.78 is 6.12. The zero-order valence-corrected chi connectivity index (χ0v) is 12.8. The second kappa shape index (κ2) is 5.61. The SMILES string of the molecule is CCc1ccc2oc(CNC3CC3)c(CC(C)C)c2c1. The molecule has 2 nitrogen and oxygen atoms in total. The number of rotatable bonds is 6. The minimum Gasteiger partial charge on any atom is -0.459 e. The third-order valence-electron chi connectivity index (χ3n) is 4.09. The van der Waals surface area contributed by atoms with Gasteiger partial charge in [0.25, 0.3) is 0 Å². The van der Waals surface area contributed by atoms with Crippen molar-refractivity contribution in [2.45, 2.75) is 59.0 Å². The predicted molar refractivity (Wildman–Crippen MR) is 84.0 cm³/mol. The zero-order valence-electron chi connectivity index (χ0n) is 12.8. The van der Waals surface area contributed by atoms with Crippen molar-refractivity contribution in [3.05, 3.63) is 35.1 Å². The van der Waals surface area contributed by atoms with E-state index in [1.54, 1.807) is 0 Å². The molecule has 1 aliphatic carbocycles. The Morgan fingerprint density at radius 1 is 1.30 bits per heavy atom. The van der Waals surface area contributed by atoms with Gasteiger partial charge in [0.05, 0.1) is 6.54 Å². The van der Waals surface area contributed by atoms with Gasteiger partial charge in [0.15, 0.2) is 0 Å². The van der Waals surface area contributed by atoms with E-state index in [0.717, 1.165) is 36.8 Å². The Kier molecular flexibility index (Phi) is 3.84. The van der Waals surface area contributed by atoms with Crippen LogP contribution in [0.1, 0.15) is 50.5 Å². The van der Waals surface area contributed by atoms with Crippen molar-refractivity contribution in [3.63, 3.8) is 0 Å². The van der Waals surface area contributed by atoms with Gasteiger partial charge in [0.1, 0.15) is 11.3 Å². The molecule has 1 aliphatic rings. The number of hydrogen-bond acceptors (Lipinski definition) is 2. The lowest BCUT2D eigenvalue weighted by atomic mass is 9.98. The van der Waals surface area contributed by atoms with Crippen molar-refractivity contribution in [3.8, 4) is 0 Å². The summed E-state index contributed by atoms with van der Waals surface area (Å²) in [7, 11) is 0. The lowest BCUT2D eigenvalue weighted by Crippen LogP contribution is -2.16. The van der Waals surface area contributed by atoms with Crippen LogP contribution in [0, 0.1) is 5.92 Å². The smallest absolute Gasteiger partial charge is 0.134 e. The molecule has 1 heterocycles. The van der Waals surface area contributed by atoms with Gasteiger partial charge < -0.3 is 9.73 Å². The highest BCUT2D eigenvalue weighted by Crippen LogP contribution is 2.30. The normalized spacial score (nSPS) is 15.4. The molecule has 1 aromatic heterocycles. The standard InChI is InChI=1S/C18H25NO/c1-4-13-5-8-17-16(10-13)15(9-12(2)3)18(20-17)11-19-14-6-7-14/h5,8,10,12,14,19H,4,6-7,9,11H2,1-3H3. The van der Waals surface area contributed by atoms with Gasteiger partial charge in [-0.3, -0.25) is 0 Å². The summed E-state index contributed by atoms with van der Waals surface area (Å²) in [5, 5.41) is 4.91. The Bertz CT molecular complexity index is 593. The minimum absolute atomic E-state index is 0.653. The van der Waals surface area contributed by atoms with Crippen LogP contribution in [0.5, 0.6) is 0 Å². The van der Waals surface area contributed by atoms with E-state index in [-0.39, 0.29) is 0 Å². The molecule has 0 radical (unpaired) electrons. The Hall–Kier alpha value is -1.28. The molecule has 0 saturated heterocycles. The summed E-state index contributed by atoms with van der Waals surface area (Å²) in [6.45, 7) is 7.64. The fraction of sp³-hybridized carbons (Fsp3) is 0.556. The van der Waals surface area contributed by atoms with E-state index < -0.39 is 0 Å². The molecule has 0 bridgehead atoms. The molecule has 1 fully saturated rings. The third kappa shape index (κ3) is 2.90. The molecule has 0 amide bonds. The van der Waals surface area contributed by atoms with Crippen molar-refractivity contribution in [2.75, 3.05) is 0 Å². The van der Waals surface area contributed by atoms with E-state index in [4.69, 9.17) is 4.42 Å². The lowest BCUT2D eigenvalue weighted by molar-refractivity contribution is 0.500. The lowest BCUT2D eigenvalue weighted by Gasteiger charge is -2.07. The number of aryl methyl sites for hydroxylation is 1. The quantitative estimate of drug-likeness (QED) is 0.840. The van der Waals surface area contributed by atoms with E-state index in [2.05, 4.69) is 44.3 Å². The monoisotopic (exact) mass is 271 g/mol. The maximum Gasteiger partial charge on any atom is 0.134 e. The second-order valence-corrected chi connectivity index (χ2v) is 6.44. The molecule has 0 aliphatic heterocycles. The summed E-state index contributed by atoms with van der Waals surface area (Å²) in [4.78, 5) is 0. The van der Waals surface area contributed by atoms with Crippen molar-refractivity contribution in [2.24, 2.45) is 5.92 Å². The van der Waals surface area contributed by atoms with Gasteiger partial charge in [-0.05, 0) is 49.3 Å². The first-order chi connectivity index (χ1) is 9.67. The van der Waals surface area contributed by atoms with Crippen molar-refractivity contribution in [1.82, 2.24) is 5.32 Å². The van der Waals surface area contributed by atoms with Gasteiger partial charge in [-0.1, -0.05) is 26.8 Å². The molecular weight excluding hydrogens is 246 g/mol. The van der Waals surface area contributed by atoms with Crippen LogP contribution in [-0.4, -0.2) is 6.04 Å². The van der Waals surface area contributed by atoms with Crippen LogP contribution in [0.4, 0.5) is 0 Å². The minimum atomic E-state index is 0.653. The van der Waals surface area contributed by atoms with Gasteiger partial charge in [0, 0.05) is 17.0 Å². The van der Waals surface area contributed by atoms with Gasteiger partial charge in [0.2, 0.25) is 0 Å². The van der Waals surface area contributed by atoms with Gasteiger partial charge >= 0.3 is 0 Å². The summed E-state index contributed by atoms with van der Waals surface area (Å²) in [5.41, 5.74) is 3.86. The van der Waals surface area contributed by atoms with Crippen molar-refractivity contribution < 1.29 is 4.42 Å². The largest absolute Gasteiger partial charge is 0.459 e. The van der Waals surface area contributed by atoms with Crippen LogP contribution in [0.25, 0.3) is 11.0 Å². The summed E-state index contributed by atoms with van der Waals surface area (Å²) in [6, 6.07) is 7.36. The van der Waals surface area contributed by atoms with Crippen LogP contribution in [-0.2, 0) is 19.4 Å². The zero-order chi connectivity index (χ0) is 14.1. The third-order valence-corrected chi connectivity index (χ3v) is 4.09. The Balaban J connectivity index is 1.97. The fourth-order valence-corrected chi connectivity index (χ4v) is 2.77. The second-order valence-electron chi connectivity index (χ2n) is 6.44. The van der Waals surface area contributed by atoms with Gasteiger partial charge in [-0.25, -0.2) is 0 Å². The fourth-order valence-electron chi connectivity index (χ4n) is 2.77. The first kappa shape index (κ1) is 13.7. The van der Waals surface area contributed by atoms with Gasteiger partial charge in [-0.2, -0.15) is 0 Å². The number of hydrogen-bond donors (Lipinski definition) is 1. The van der Waals surface area contributed by atoms with Crippen molar-refractivity contribution >= 4 is 11.0 Å². The molecule has 1 N–H and O–H groups in total. The molecule has 0 spiro atoms. The average molecular weight is 271 g/mol. The molecule has 0 atom stereocenters. The molecular formula is C18H25NO. The number of benzene rings is 1. The molecule has 2 heteroatoms. The number of nitrogens with one attached hydrogen (secondary N) is 1. The first-order valence-electron chi connectivity index (χ1n) is 7.94. The number of furan rings is 1.